The van der Waals surface area contributed by atoms with Crippen molar-refractivity contribution in [2.75, 3.05) is 0 Å². The number of amides is 3. The Balaban J connectivity index is 1.98. The third-order valence-electron chi connectivity index (χ3n) is 3.34. The first-order valence-electron chi connectivity index (χ1n) is 7.34. The van der Waals surface area contributed by atoms with Crippen molar-refractivity contribution in [3.8, 4) is 0 Å². The van der Waals surface area contributed by atoms with E-state index in [0.29, 0.717) is 6.42 Å². The van der Waals surface area contributed by atoms with Crippen LogP contribution >= 0.6 is 0 Å². The number of carbonyl (C=O) groups is 3. The summed E-state index contributed by atoms with van der Waals surface area (Å²) in [6.45, 7) is 6.41. The monoisotopic (exact) mass is 303 g/mol. The molecule has 6 heteroatoms. The molecule has 3 amide bonds. The van der Waals surface area contributed by atoms with Gasteiger partial charge in [0, 0.05) is 12.6 Å². The van der Waals surface area contributed by atoms with E-state index in [0.717, 1.165) is 12.0 Å². The fourth-order valence-corrected chi connectivity index (χ4v) is 2.34. The Morgan fingerprint density at radius 1 is 1.36 bits per heavy atom. The lowest BCUT2D eigenvalue weighted by Crippen LogP contribution is -2.52. The third-order valence-corrected chi connectivity index (χ3v) is 3.34. The second-order valence-corrected chi connectivity index (χ2v) is 6.77. The fourth-order valence-electron chi connectivity index (χ4n) is 2.34. The molecule has 2 rings (SSSR count). The molecule has 0 aromatic carbocycles. The first-order valence-corrected chi connectivity index (χ1v) is 7.34. The van der Waals surface area contributed by atoms with Crippen LogP contribution in [0.5, 0.6) is 0 Å². The van der Waals surface area contributed by atoms with E-state index < -0.39 is 17.9 Å². The Labute approximate surface area is 129 Å². The van der Waals surface area contributed by atoms with E-state index in [-0.39, 0.29) is 23.4 Å². The number of nitrogens with zero attached hydrogens (tertiary/aromatic N) is 1. The summed E-state index contributed by atoms with van der Waals surface area (Å²) in [5.74, 6) is -1.18. The van der Waals surface area contributed by atoms with Crippen LogP contribution in [0.1, 0.15) is 49.7 Å². The minimum absolute atomic E-state index is 0.151. The van der Waals surface area contributed by atoms with E-state index in [1.165, 1.54) is 0 Å². The second kappa shape index (κ2) is 6.25. The van der Waals surface area contributed by atoms with Crippen molar-refractivity contribution < 1.29 is 14.4 Å². The summed E-state index contributed by atoms with van der Waals surface area (Å²) in [7, 11) is 0. The van der Waals surface area contributed by atoms with Crippen LogP contribution in [0.25, 0.3) is 0 Å². The van der Waals surface area contributed by atoms with Gasteiger partial charge in [0.15, 0.2) is 0 Å². The molecule has 2 N–H and O–H groups in total. The number of hydrogen-bond acceptors (Lipinski definition) is 4. The number of carbonyl (C=O) groups excluding carboxylic acids is 3. The van der Waals surface area contributed by atoms with Crippen molar-refractivity contribution in [1.82, 2.24) is 15.6 Å². The summed E-state index contributed by atoms with van der Waals surface area (Å²) >= 11 is 0. The Bertz CT molecular complexity index is 588. The highest BCUT2D eigenvalue weighted by Gasteiger charge is 2.28. The van der Waals surface area contributed by atoms with Gasteiger partial charge >= 0.3 is 0 Å². The van der Waals surface area contributed by atoms with Gasteiger partial charge in [-0.25, -0.2) is 0 Å². The van der Waals surface area contributed by atoms with Gasteiger partial charge in [-0.15, -0.1) is 0 Å². The van der Waals surface area contributed by atoms with Crippen LogP contribution in [0.15, 0.2) is 18.3 Å². The Morgan fingerprint density at radius 2 is 2.09 bits per heavy atom. The zero-order valence-electron chi connectivity index (χ0n) is 13.1. The number of aromatic nitrogens is 1. The van der Waals surface area contributed by atoms with Gasteiger partial charge in [0.2, 0.25) is 11.8 Å². The Hall–Kier alpha value is -2.24. The predicted octanol–water partition coefficient (Wildman–Crippen LogP) is 1.21. The maximum absolute atomic E-state index is 12.1. The SMILES string of the molecule is CC(C)(C)Cc1ccc(C(=O)NC2CCC(=O)NC2=O)nc1. The molecule has 0 radical (unpaired) electrons. The molecule has 1 fully saturated rings. The van der Waals surface area contributed by atoms with Crippen molar-refractivity contribution in [2.45, 2.75) is 46.1 Å². The fraction of sp³-hybridized carbons (Fsp3) is 0.500. The molecule has 0 saturated carbocycles. The Kier molecular flexibility index (Phi) is 4.59. The van der Waals surface area contributed by atoms with Gasteiger partial charge in [-0.05, 0) is 29.9 Å². The van der Waals surface area contributed by atoms with Crippen LogP contribution in [0.2, 0.25) is 0 Å². The zero-order chi connectivity index (χ0) is 16.3. The lowest BCUT2D eigenvalue weighted by Gasteiger charge is -2.21. The Morgan fingerprint density at radius 3 is 2.64 bits per heavy atom. The van der Waals surface area contributed by atoms with Crippen LogP contribution < -0.4 is 10.6 Å². The molecule has 118 valence electrons. The molecule has 0 aliphatic carbocycles. The van der Waals surface area contributed by atoms with Crippen molar-refractivity contribution in [2.24, 2.45) is 5.41 Å². The molecular formula is C16H21N3O3. The molecule has 1 aliphatic rings. The zero-order valence-corrected chi connectivity index (χ0v) is 13.1. The molecule has 22 heavy (non-hydrogen) atoms. The van der Waals surface area contributed by atoms with Gasteiger partial charge in [-0.2, -0.15) is 0 Å². The van der Waals surface area contributed by atoms with Crippen molar-refractivity contribution in [3.05, 3.63) is 29.6 Å². The lowest BCUT2D eigenvalue weighted by atomic mass is 9.89. The number of pyridine rings is 1. The summed E-state index contributed by atoms with van der Waals surface area (Å²) in [5.41, 5.74) is 1.48. The van der Waals surface area contributed by atoms with Gasteiger partial charge in [-0.3, -0.25) is 24.7 Å². The number of nitrogens with one attached hydrogen (secondary N) is 2. The molecule has 1 saturated heterocycles. The van der Waals surface area contributed by atoms with Gasteiger partial charge in [0.05, 0.1) is 0 Å². The van der Waals surface area contributed by atoms with E-state index in [1.807, 2.05) is 6.07 Å². The standard InChI is InChI=1S/C16H21N3O3/c1-16(2,3)8-10-4-5-11(17-9-10)14(21)18-12-6-7-13(20)19-15(12)22/h4-5,9,12H,6-8H2,1-3H3,(H,18,21)(H,19,20,22). The third kappa shape index (κ3) is 4.38. The van der Waals surface area contributed by atoms with Crippen LogP contribution in [0.3, 0.4) is 0 Å². The van der Waals surface area contributed by atoms with E-state index in [1.54, 1.807) is 12.3 Å². The summed E-state index contributed by atoms with van der Waals surface area (Å²) in [6.07, 6.45) is 3.10. The second-order valence-electron chi connectivity index (χ2n) is 6.77. The van der Waals surface area contributed by atoms with Crippen LogP contribution in [-0.2, 0) is 16.0 Å². The van der Waals surface area contributed by atoms with E-state index in [9.17, 15) is 14.4 Å². The highest BCUT2D eigenvalue weighted by atomic mass is 16.2. The highest BCUT2D eigenvalue weighted by molar-refractivity contribution is 6.03. The molecule has 1 aromatic rings. The van der Waals surface area contributed by atoms with Crippen LogP contribution in [-0.4, -0.2) is 28.7 Å². The number of piperidine rings is 1. The maximum atomic E-state index is 12.1. The topological polar surface area (TPSA) is 88.2 Å². The van der Waals surface area contributed by atoms with Crippen molar-refractivity contribution in [3.63, 3.8) is 0 Å². The van der Waals surface area contributed by atoms with Crippen LogP contribution in [0.4, 0.5) is 0 Å². The van der Waals surface area contributed by atoms with E-state index >= 15 is 0 Å². The summed E-state index contributed by atoms with van der Waals surface area (Å²) in [4.78, 5) is 38.9. The largest absolute Gasteiger partial charge is 0.339 e. The summed E-state index contributed by atoms with van der Waals surface area (Å²) in [6, 6.07) is 2.85. The first-order chi connectivity index (χ1) is 10.2. The molecule has 0 spiro atoms. The molecule has 2 heterocycles. The average molecular weight is 303 g/mol. The van der Waals surface area contributed by atoms with Gasteiger partial charge < -0.3 is 5.32 Å². The highest BCUT2D eigenvalue weighted by Crippen LogP contribution is 2.20. The summed E-state index contributed by atoms with van der Waals surface area (Å²) in [5, 5.41) is 4.82. The normalized spacial score (nSPS) is 18.8. The first kappa shape index (κ1) is 16.1. The number of imide groups is 1. The number of rotatable bonds is 3. The summed E-state index contributed by atoms with van der Waals surface area (Å²) < 4.78 is 0. The molecule has 1 aliphatic heterocycles. The minimum atomic E-state index is -0.679. The quantitative estimate of drug-likeness (QED) is 0.821. The molecular weight excluding hydrogens is 282 g/mol. The van der Waals surface area contributed by atoms with Gasteiger partial charge in [0.1, 0.15) is 11.7 Å². The molecule has 1 atom stereocenters. The predicted molar refractivity (Wildman–Crippen MR) is 81.0 cm³/mol. The smallest absolute Gasteiger partial charge is 0.270 e. The minimum Gasteiger partial charge on any atom is -0.339 e. The maximum Gasteiger partial charge on any atom is 0.270 e. The number of hydrogen-bond donors (Lipinski definition) is 2. The molecule has 0 bridgehead atoms. The van der Waals surface area contributed by atoms with E-state index in [4.69, 9.17) is 0 Å². The lowest BCUT2D eigenvalue weighted by molar-refractivity contribution is -0.134. The molecule has 1 unspecified atom stereocenters. The van der Waals surface area contributed by atoms with Gasteiger partial charge in [-0.1, -0.05) is 26.8 Å². The molecule has 6 nitrogen and oxygen atoms in total. The van der Waals surface area contributed by atoms with Crippen molar-refractivity contribution >= 4 is 17.7 Å². The van der Waals surface area contributed by atoms with Crippen LogP contribution in [0, 0.1) is 5.41 Å². The van der Waals surface area contributed by atoms with Crippen molar-refractivity contribution in [1.29, 1.82) is 0 Å². The molecule has 1 aromatic heterocycles. The van der Waals surface area contributed by atoms with E-state index in [2.05, 4.69) is 36.4 Å². The average Bonchev–Trinajstić information content (AvgIpc) is 2.41. The van der Waals surface area contributed by atoms with Gasteiger partial charge in [0.25, 0.3) is 5.91 Å².